The maximum atomic E-state index is 2.41. The van der Waals surface area contributed by atoms with Crippen LogP contribution in [-0.4, -0.2) is 30.1 Å². The van der Waals surface area contributed by atoms with E-state index in [1.165, 1.54) is 70.8 Å². The molecule has 0 radical (unpaired) electrons. The zero-order valence-electron chi connectivity index (χ0n) is 12.9. The highest BCUT2D eigenvalue weighted by Crippen LogP contribution is 2.11. The van der Waals surface area contributed by atoms with Gasteiger partial charge in [-0.05, 0) is 6.42 Å². The van der Waals surface area contributed by atoms with Crippen LogP contribution in [0.2, 0.25) is 0 Å². The minimum Gasteiger partial charge on any atom is -0.362 e. The Labute approximate surface area is 137 Å². The third-order valence-electron chi connectivity index (χ3n) is 3.74. The van der Waals surface area contributed by atoms with E-state index in [0.717, 1.165) is 6.67 Å². The van der Waals surface area contributed by atoms with Crippen molar-refractivity contribution >= 4 is 24.0 Å². The van der Waals surface area contributed by atoms with E-state index in [1.807, 2.05) is 0 Å². The van der Waals surface area contributed by atoms with Crippen molar-refractivity contribution in [2.24, 2.45) is 0 Å². The van der Waals surface area contributed by atoms with E-state index < -0.39 is 0 Å². The summed E-state index contributed by atoms with van der Waals surface area (Å²) in [6.45, 7) is 4.60. The number of rotatable bonds is 11. The van der Waals surface area contributed by atoms with Crippen LogP contribution in [0.15, 0.2) is 12.4 Å². The average Bonchev–Trinajstić information content (AvgIpc) is 2.77. The van der Waals surface area contributed by atoms with Gasteiger partial charge in [0.25, 0.3) is 0 Å². The Morgan fingerprint density at radius 3 is 1.79 bits per heavy atom. The molecule has 0 saturated heterocycles. The van der Waals surface area contributed by atoms with E-state index in [2.05, 4.69) is 36.2 Å². The summed E-state index contributed by atoms with van der Waals surface area (Å²) in [7, 11) is 2.13. The molecule has 0 aromatic carbocycles. The van der Waals surface area contributed by atoms with Crippen LogP contribution in [0.3, 0.4) is 0 Å². The third kappa shape index (κ3) is 10.5. The number of halogens is 1. The Hall–Kier alpha value is 0.0700. The van der Waals surface area contributed by atoms with Crippen LogP contribution in [0, 0.1) is 0 Å². The van der Waals surface area contributed by atoms with Crippen LogP contribution in [0.4, 0.5) is 0 Å². The van der Waals surface area contributed by atoms with Gasteiger partial charge in [0.2, 0.25) is 0 Å². The van der Waals surface area contributed by atoms with E-state index in [1.54, 1.807) is 0 Å². The van der Waals surface area contributed by atoms with Gasteiger partial charge in [0.1, 0.15) is 0 Å². The number of unbranched alkanes of at least 4 members (excludes halogenated alkanes) is 9. The predicted molar refractivity (Wildman–Crippen MR) is 95.7 cm³/mol. The Morgan fingerprint density at radius 1 is 0.789 bits per heavy atom. The molecule has 1 aliphatic rings. The molecule has 114 valence electrons. The normalized spacial score (nSPS) is 14.0. The fourth-order valence-electron chi connectivity index (χ4n) is 2.54. The molecule has 0 bridgehead atoms. The van der Waals surface area contributed by atoms with E-state index in [-0.39, 0.29) is 24.0 Å². The second kappa shape index (κ2) is 13.1. The summed E-state index contributed by atoms with van der Waals surface area (Å²) in [5.74, 6) is 0. The standard InChI is InChI=1S/C16H32N2.HI/c1-3-4-5-6-7-8-9-10-11-12-13-18-15-14-17(2)16-18;/h14-15H,3-13,16H2,1-2H3;1H. The fraction of sp³-hybridized carbons (Fsp3) is 0.875. The van der Waals surface area contributed by atoms with Crippen molar-refractivity contribution in [3.63, 3.8) is 0 Å². The van der Waals surface area contributed by atoms with E-state index >= 15 is 0 Å². The minimum absolute atomic E-state index is 0. The fourth-order valence-corrected chi connectivity index (χ4v) is 2.54. The summed E-state index contributed by atoms with van der Waals surface area (Å²) in [4.78, 5) is 4.64. The summed E-state index contributed by atoms with van der Waals surface area (Å²) < 4.78 is 0. The lowest BCUT2D eigenvalue weighted by molar-refractivity contribution is 0.290. The molecule has 2 nitrogen and oxygen atoms in total. The van der Waals surface area contributed by atoms with Crippen LogP contribution < -0.4 is 0 Å². The molecule has 0 saturated carbocycles. The monoisotopic (exact) mass is 380 g/mol. The Balaban J connectivity index is 0.00000324. The van der Waals surface area contributed by atoms with Crippen molar-refractivity contribution in [2.45, 2.75) is 71.1 Å². The van der Waals surface area contributed by atoms with Gasteiger partial charge in [-0.15, -0.1) is 24.0 Å². The zero-order chi connectivity index (χ0) is 13.1. The van der Waals surface area contributed by atoms with Crippen LogP contribution in [0.5, 0.6) is 0 Å². The van der Waals surface area contributed by atoms with Gasteiger partial charge in [-0.25, -0.2) is 0 Å². The van der Waals surface area contributed by atoms with Gasteiger partial charge in [0.05, 0.1) is 6.67 Å². The van der Waals surface area contributed by atoms with Crippen molar-refractivity contribution < 1.29 is 0 Å². The second-order valence-electron chi connectivity index (χ2n) is 5.69. The van der Waals surface area contributed by atoms with Crippen LogP contribution in [0.1, 0.15) is 71.1 Å². The van der Waals surface area contributed by atoms with Crippen LogP contribution >= 0.6 is 24.0 Å². The first kappa shape index (κ1) is 19.1. The van der Waals surface area contributed by atoms with Gasteiger partial charge in [0.15, 0.2) is 0 Å². The molecular formula is C16H33IN2. The van der Waals surface area contributed by atoms with Crippen molar-refractivity contribution in [1.29, 1.82) is 0 Å². The highest BCUT2D eigenvalue weighted by molar-refractivity contribution is 14.0. The first-order valence-electron chi connectivity index (χ1n) is 7.95. The minimum atomic E-state index is 0. The van der Waals surface area contributed by atoms with Gasteiger partial charge < -0.3 is 9.80 Å². The number of hydrogen-bond acceptors (Lipinski definition) is 2. The molecular weight excluding hydrogens is 347 g/mol. The smallest absolute Gasteiger partial charge is 0.0890 e. The van der Waals surface area contributed by atoms with Crippen molar-refractivity contribution in [3.8, 4) is 0 Å². The zero-order valence-corrected chi connectivity index (χ0v) is 15.3. The third-order valence-corrected chi connectivity index (χ3v) is 3.74. The lowest BCUT2D eigenvalue weighted by Crippen LogP contribution is -2.23. The quantitative estimate of drug-likeness (QED) is 0.359. The van der Waals surface area contributed by atoms with Gasteiger partial charge in [-0.1, -0.05) is 64.7 Å². The molecule has 1 rings (SSSR count). The summed E-state index contributed by atoms with van der Waals surface area (Å²) in [5.41, 5.74) is 0. The summed E-state index contributed by atoms with van der Waals surface area (Å²) >= 11 is 0. The summed E-state index contributed by atoms with van der Waals surface area (Å²) in [5, 5.41) is 0. The predicted octanol–water partition coefficient (Wildman–Crippen LogP) is 5.20. The van der Waals surface area contributed by atoms with E-state index in [9.17, 15) is 0 Å². The molecule has 0 aromatic rings. The van der Waals surface area contributed by atoms with E-state index in [0.29, 0.717) is 0 Å². The SMILES string of the molecule is CCCCCCCCCCCCN1C=CN(C)C1.I. The molecule has 0 N–H and O–H groups in total. The molecule has 0 fully saturated rings. The summed E-state index contributed by atoms with van der Waals surface area (Å²) in [6.07, 6.45) is 18.6. The molecule has 0 atom stereocenters. The molecule has 1 aliphatic heterocycles. The largest absolute Gasteiger partial charge is 0.362 e. The van der Waals surface area contributed by atoms with Gasteiger partial charge in [0, 0.05) is 26.0 Å². The molecule has 0 aromatic heterocycles. The van der Waals surface area contributed by atoms with Gasteiger partial charge in [-0.3, -0.25) is 0 Å². The highest BCUT2D eigenvalue weighted by Gasteiger charge is 2.06. The van der Waals surface area contributed by atoms with Crippen molar-refractivity contribution in [3.05, 3.63) is 12.4 Å². The molecule has 3 heteroatoms. The molecule has 0 aliphatic carbocycles. The van der Waals surface area contributed by atoms with Crippen molar-refractivity contribution in [1.82, 2.24) is 9.80 Å². The lowest BCUT2D eigenvalue weighted by atomic mass is 10.1. The topological polar surface area (TPSA) is 6.48 Å². The second-order valence-corrected chi connectivity index (χ2v) is 5.69. The van der Waals surface area contributed by atoms with Crippen LogP contribution in [0.25, 0.3) is 0 Å². The first-order chi connectivity index (χ1) is 8.83. The molecule has 0 amide bonds. The average molecular weight is 380 g/mol. The van der Waals surface area contributed by atoms with E-state index in [4.69, 9.17) is 0 Å². The van der Waals surface area contributed by atoms with Gasteiger partial charge in [-0.2, -0.15) is 0 Å². The molecule has 19 heavy (non-hydrogen) atoms. The molecule has 1 heterocycles. The lowest BCUT2D eigenvalue weighted by Gasteiger charge is -2.17. The summed E-state index contributed by atoms with van der Waals surface area (Å²) in [6, 6.07) is 0. The van der Waals surface area contributed by atoms with Gasteiger partial charge >= 0.3 is 0 Å². The number of nitrogens with zero attached hydrogens (tertiary/aromatic N) is 2. The van der Waals surface area contributed by atoms with Crippen LogP contribution in [-0.2, 0) is 0 Å². The maximum absolute atomic E-state index is 2.41. The Bertz CT molecular complexity index is 219. The first-order valence-corrected chi connectivity index (χ1v) is 7.95. The number of hydrogen-bond donors (Lipinski definition) is 0. The Kier molecular flexibility index (Phi) is 13.1. The van der Waals surface area contributed by atoms with Crippen molar-refractivity contribution in [2.75, 3.05) is 20.3 Å². The molecule has 0 unspecified atom stereocenters. The molecule has 0 spiro atoms. The maximum Gasteiger partial charge on any atom is 0.0890 e. The Morgan fingerprint density at radius 2 is 1.32 bits per heavy atom. The highest BCUT2D eigenvalue weighted by atomic mass is 127.